The van der Waals surface area contributed by atoms with Gasteiger partial charge in [-0.25, -0.2) is 0 Å². The van der Waals surface area contributed by atoms with Gasteiger partial charge in [0.1, 0.15) is 0 Å². The zero-order valence-electron chi connectivity index (χ0n) is 6.18. The fourth-order valence-electron chi connectivity index (χ4n) is 0.819. The predicted octanol–water partition coefficient (Wildman–Crippen LogP) is 2.04. The summed E-state index contributed by atoms with van der Waals surface area (Å²) >= 11 is 4.09. The van der Waals surface area contributed by atoms with Crippen molar-refractivity contribution in [2.75, 3.05) is 12.4 Å². The van der Waals surface area contributed by atoms with Crippen LogP contribution in [0.5, 0.6) is 0 Å². The number of rotatable bonds is 4. The molecule has 1 aliphatic carbocycles. The highest BCUT2D eigenvalue weighted by molar-refractivity contribution is 7.80. The highest BCUT2D eigenvalue weighted by atomic mass is 32.1. The van der Waals surface area contributed by atoms with Crippen molar-refractivity contribution >= 4 is 12.6 Å². The van der Waals surface area contributed by atoms with Gasteiger partial charge >= 0.3 is 0 Å². The Hall–Kier alpha value is 0.0500. The summed E-state index contributed by atoms with van der Waals surface area (Å²) < 4.78 is 5.48. The molecule has 1 nitrogen and oxygen atoms in total. The van der Waals surface area contributed by atoms with Gasteiger partial charge in [0.25, 0.3) is 0 Å². The molecule has 0 bridgehead atoms. The fraction of sp³-hybridized carbons (Fsp3) is 0.750. The summed E-state index contributed by atoms with van der Waals surface area (Å²) in [5, 5.41) is 0. The van der Waals surface area contributed by atoms with Crippen molar-refractivity contribution in [3.8, 4) is 0 Å². The molecular weight excluding hydrogens is 144 g/mol. The highest BCUT2D eigenvalue weighted by Crippen LogP contribution is 2.22. The smallest absolute Gasteiger partial charge is 0.0685 e. The lowest BCUT2D eigenvalue weighted by Gasteiger charge is -2.25. The maximum absolute atomic E-state index is 5.48. The van der Waals surface area contributed by atoms with Crippen LogP contribution < -0.4 is 0 Å². The van der Waals surface area contributed by atoms with Crippen LogP contribution in [0.4, 0.5) is 0 Å². The summed E-state index contributed by atoms with van der Waals surface area (Å²) in [6.45, 7) is 4.50. The zero-order valence-corrected chi connectivity index (χ0v) is 7.07. The number of thiol groups is 1. The molecule has 2 heteroatoms. The SMILES string of the molecule is C=C(CS)COC1CCC1. The van der Waals surface area contributed by atoms with Gasteiger partial charge in [0.2, 0.25) is 0 Å². The molecule has 0 spiro atoms. The molecule has 0 N–H and O–H groups in total. The largest absolute Gasteiger partial charge is 0.374 e. The highest BCUT2D eigenvalue weighted by Gasteiger charge is 2.17. The van der Waals surface area contributed by atoms with Gasteiger partial charge < -0.3 is 4.74 Å². The van der Waals surface area contributed by atoms with E-state index in [2.05, 4.69) is 19.2 Å². The van der Waals surface area contributed by atoms with E-state index in [1.807, 2.05) is 0 Å². The van der Waals surface area contributed by atoms with Crippen molar-refractivity contribution in [2.24, 2.45) is 0 Å². The van der Waals surface area contributed by atoms with E-state index < -0.39 is 0 Å². The topological polar surface area (TPSA) is 9.23 Å². The van der Waals surface area contributed by atoms with Gasteiger partial charge in [0, 0.05) is 5.75 Å². The Balaban J connectivity index is 1.98. The Bertz CT molecular complexity index is 118. The van der Waals surface area contributed by atoms with Crippen LogP contribution in [0.3, 0.4) is 0 Å². The molecule has 1 saturated carbocycles. The average Bonchev–Trinajstić information content (AvgIpc) is 1.84. The van der Waals surface area contributed by atoms with Crippen LogP contribution in [0.2, 0.25) is 0 Å². The molecule has 0 unspecified atom stereocenters. The second-order valence-corrected chi connectivity index (χ2v) is 3.09. The fourth-order valence-corrected chi connectivity index (χ4v) is 0.910. The van der Waals surface area contributed by atoms with Crippen molar-refractivity contribution in [1.82, 2.24) is 0 Å². The molecule has 0 aromatic carbocycles. The molecule has 0 aromatic rings. The van der Waals surface area contributed by atoms with E-state index in [1.54, 1.807) is 0 Å². The summed E-state index contributed by atoms with van der Waals surface area (Å²) in [7, 11) is 0. The third-order valence-corrected chi connectivity index (χ3v) is 2.25. The van der Waals surface area contributed by atoms with Crippen molar-refractivity contribution in [3.05, 3.63) is 12.2 Å². The van der Waals surface area contributed by atoms with Gasteiger partial charge in [0.15, 0.2) is 0 Å². The van der Waals surface area contributed by atoms with Crippen molar-refractivity contribution in [3.63, 3.8) is 0 Å². The minimum atomic E-state index is 0.525. The standard InChI is InChI=1S/C8H14OS/c1-7(6-10)5-9-8-3-2-4-8/h8,10H,1-6H2. The molecule has 0 aromatic heterocycles. The first kappa shape index (κ1) is 8.15. The van der Waals surface area contributed by atoms with Crippen LogP contribution in [0, 0.1) is 0 Å². The quantitative estimate of drug-likeness (QED) is 0.486. The van der Waals surface area contributed by atoms with E-state index >= 15 is 0 Å². The maximum atomic E-state index is 5.48. The Morgan fingerprint density at radius 1 is 1.60 bits per heavy atom. The van der Waals surface area contributed by atoms with Crippen LogP contribution >= 0.6 is 12.6 Å². The first-order chi connectivity index (χ1) is 4.83. The molecule has 1 fully saturated rings. The van der Waals surface area contributed by atoms with Gasteiger partial charge in [-0.15, -0.1) is 0 Å². The van der Waals surface area contributed by atoms with Crippen molar-refractivity contribution in [2.45, 2.75) is 25.4 Å². The van der Waals surface area contributed by atoms with E-state index in [4.69, 9.17) is 4.74 Å². The van der Waals surface area contributed by atoms with Crippen molar-refractivity contribution < 1.29 is 4.74 Å². The van der Waals surface area contributed by atoms with Gasteiger partial charge in [-0.3, -0.25) is 0 Å². The Kier molecular flexibility index (Phi) is 3.29. The van der Waals surface area contributed by atoms with Crippen LogP contribution in [-0.4, -0.2) is 18.5 Å². The van der Waals surface area contributed by atoms with E-state index in [-0.39, 0.29) is 0 Å². The molecule has 0 atom stereocenters. The van der Waals surface area contributed by atoms with Crippen LogP contribution in [0.1, 0.15) is 19.3 Å². The minimum Gasteiger partial charge on any atom is -0.374 e. The second-order valence-electron chi connectivity index (χ2n) is 2.77. The lowest BCUT2D eigenvalue weighted by molar-refractivity contribution is 0.0156. The number of ether oxygens (including phenoxy) is 1. The molecule has 1 aliphatic rings. The zero-order chi connectivity index (χ0) is 7.40. The molecule has 0 radical (unpaired) electrons. The molecule has 1 rings (SSSR count). The van der Waals surface area contributed by atoms with Crippen LogP contribution in [-0.2, 0) is 4.74 Å². The van der Waals surface area contributed by atoms with Crippen LogP contribution in [0.25, 0.3) is 0 Å². The first-order valence-corrected chi connectivity index (χ1v) is 4.35. The maximum Gasteiger partial charge on any atom is 0.0685 e. The Morgan fingerprint density at radius 3 is 2.70 bits per heavy atom. The third-order valence-electron chi connectivity index (χ3n) is 1.80. The molecule has 10 heavy (non-hydrogen) atoms. The van der Waals surface area contributed by atoms with Crippen molar-refractivity contribution in [1.29, 1.82) is 0 Å². The molecule has 0 heterocycles. The first-order valence-electron chi connectivity index (χ1n) is 3.72. The summed E-state index contributed by atoms with van der Waals surface area (Å²) in [6, 6.07) is 0. The monoisotopic (exact) mass is 158 g/mol. The van der Waals surface area contributed by atoms with Crippen LogP contribution in [0.15, 0.2) is 12.2 Å². The summed E-state index contributed by atoms with van der Waals surface area (Å²) in [6.07, 6.45) is 4.33. The molecule has 0 aliphatic heterocycles. The normalized spacial score (nSPS) is 18.5. The Labute approximate surface area is 67.9 Å². The lowest BCUT2D eigenvalue weighted by atomic mass is 9.96. The summed E-state index contributed by atoms with van der Waals surface area (Å²) in [5.74, 6) is 0.743. The number of hydrogen-bond acceptors (Lipinski definition) is 2. The lowest BCUT2D eigenvalue weighted by Crippen LogP contribution is -2.22. The molecular formula is C8H14OS. The third kappa shape index (κ3) is 2.35. The molecule has 0 saturated heterocycles. The van der Waals surface area contributed by atoms with E-state index in [9.17, 15) is 0 Å². The van der Waals surface area contributed by atoms with Gasteiger partial charge in [0.05, 0.1) is 12.7 Å². The number of hydrogen-bond donors (Lipinski definition) is 1. The van der Waals surface area contributed by atoms with Gasteiger partial charge in [-0.2, -0.15) is 12.6 Å². The van der Waals surface area contributed by atoms with Gasteiger partial charge in [-0.05, 0) is 24.8 Å². The van der Waals surface area contributed by atoms with E-state index in [1.165, 1.54) is 19.3 Å². The summed E-state index contributed by atoms with van der Waals surface area (Å²) in [4.78, 5) is 0. The van der Waals surface area contributed by atoms with E-state index in [0.29, 0.717) is 12.7 Å². The second kappa shape index (κ2) is 4.04. The molecule has 58 valence electrons. The van der Waals surface area contributed by atoms with Gasteiger partial charge in [-0.1, -0.05) is 6.58 Å². The van der Waals surface area contributed by atoms with E-state index in [0.717, 1.165) is 11.3 Å². The molecule has 0 amide bonds. The average molecular weight is 158 g/mol. The summed E-state index contributed by atoms with van der Waals surface area (Å²) in [5.41, 5.74) is 1.08. The minimum absolute atomic E-state index is 0.525. The Morgan fingerprint density at radius 2 is 2.30 bits per heavy atom. The predicted molar refractivity (Wildman–Crippen MR) is 46.6 cm³/mol.